The number of likely N-dealkylation sites (tertiary alicyclic amines) is 1. The third kappa shape index (κ3) is 5.79. The van der Waals surface area contributed by atoms with Crippen LogP contribution < -0.4 is 5.32 Å². The van der Waals surface area contributed by atoms with Gasteiger partial charge in [-0.3, -0.25) is 4.79 Å². The van der Waals surface area contributed by atoms with Gasteiger partial charge in [0.2, 0.25) is 0 Å². The van der Waals surface area contributed by atoms with Gasteiger partial charge < -0.3 is 20.4 Å². The van der Waals surface area contributed by atoms with Crippen molar-refractivity contribution in [3.05, 3.63) is 62.7 Å². The van der Waals surface area contributed by atoms with Crippen molar-refractivity contribution < 1.29 is 33.0 Å². The van der Waals surface area contributed by atoms with Crippen LogP contribution in [0.15, 0.2) is 42.5 Å². The lowest BCUT2D eigenvalue weighted by Gasteiger charge is -2.40. The fourth-order valence-corrected chi connectivity index (χ4v) is 4.72. The summed E-state index contributed by atoms with van der Waals surface area (Å²) in [6, 6.07) is 11.4. The molecule has 0 saturated carbocycles. The summed E-state index contributed by atoms with van der Waals surface area (Å²) in [6.45, 7) is 0.244. The monoisotopic (exact) mass is 587 g/mol. The highest BCUT2D eigenvalue weighted by Crippen LogP contribution is 2.36. The van der Waals surface area contributed by atoms with Gasteiger partial charge in [0.05, 0.1) is 17.2 Å². The molecule has 1 fully saturated rings. The summed E-state index contributed by atoms with van der Waals surface area (Å²) >= 11 is 2.09. The molecule has 180 valence electrons. The maximum absolute atomic E-state index is 13.3. The van der Waals surface area contributed by atoms with Gasteiger partial charge in [-0.15, -0.1) is 0 Å². The molecular weight excluding hydrogens is 566 g/mol. The Morgan fingerprint density at radius 1 is 1.18 bits per heavy atom. The van der Waals surface area contributed by atoms with Crippen LogP contribution in [0.2, 0.25) is 0 Å². The number of piperidine rings is 1. The SMILES string of the molecule is N#Cc1ccc(NC(=O)C(O)(Cc2cccc(I)c2)C2CCN(C(=O)O)CC2)cc1C(F)(F)F. The van der Waals surface area contributed by atoms with Gasteiger partial charge >= 0.3 is 12.3 Å². The third-order valence-electron chi connectivity index (χ3n) is 5.90. The predicted octanol–water partition coefficient (Wildman–Crippen LogP) is 4.48. The molecular formula is C23H21F3IN3O4. The minimum atomic E-state index is -4.80. The highest BCUT2D eigenvalue weighted by atomic mass is 127. The highest BCUT2D eigenvalue weighted by Gasteiger charge is 2.45. The van der Waals surface area contributed by atoms with Crippen molar-refractivity contribution in [2.75, 3.05) is 18.4 Å². The normalized spacial score (nSPS) is 16.4. The van der Waals surface area contributed by atoms with E-state index in [-0.39, 0.29) is 38.0 Å². The number of amides is 2. The molecule has 2 amide bonds. The van der Waals surface area contributed by atoms with Crippen LogP contribution in [0, 0.1) is 20.8 Å². The molecule has 1 saturated heterocycles. The maximum atomic E-state index is 13.3. The first-order chi connectivity index (χ1) is 15.9. The first-order valence-electron chi connectivity index (χ1n) is 10.3. The summed E-state index contributed by atoms with van der Waals surface area (Å²) in [6.07, 6.45) is -5.58. The van der Waals surface area contributed by atoms with Gasteiger partial charge in [-0.05, 0) is 71.3 Å². The van der Waals surface area contributed by atoms with E-state index in [4.69, 9.17) is 5.26 Å². The second kappa shape index (κ2) is 10.2. The Morgan fingerprint density at radius 2 is 1.85 bits per heavy atom. The van der Waals surface area contributed by atoms with Crippen molar-refractivity contribution in [1.29, 1.82) is 5.26 Å². The number of carbonyl (C=O) groups excluding carboxylic acids is 1. The van der Waals surface area contributed by atoms with Gasteiger partial charge in [0.25, 0.3) is 5.91 Å². The average molecular weight is 587 g/mol. The van der Waals surface area contributed by atoms with E-state index in [2.05, 4.69) is 27.9 Å². The molecule has 34 heavy (non-hydrogen) atoms. The lowest BCUT2D eigenvalue weighted by Crippen LogP contribution is -2.54. The average Bonchev–Trinajstić information content (AvgIpc) is 2.78. The van der Waals surface area contributed by atoms with Crippen LogP contribution in [0.4, 0.5) is 23.7 Å². The molecule has 3 N–H and O–H groups in total. The van der Waals surface area contributed by atoms with Gasteiger partial charge in [-0.1, -0.05) is 12.1 Å². The Labute approximate surface area is 207 Å². The van der Waals surface area contributed by atoms with E-state index in [0.717, 1.165) is 9.64 Å². The number of anilines is 1. The third-order valence-corrected chi connectivity index (χ3v) is 6.57. The molecule has 1 atom stereocenters. The van der Waals surface area contributed by atoms with E-state index in [1.54, 1.807) is 18.2 Å². The number of aliphatic hydroxyl groups is 1. The number of nitrogens with zero attached hydrogens (tertiary/aromatic N) is 2. The van der Waals surface area contributed by atoms with Crippen molar-refractivity contribution >= 4 is 40.3 Å². The van der Waals surface area contributed by atoms with Crippen LogP contribution in [-0.2, 0) is 17.4 Å². The first kappa shape index (κ1) is 25.8. The van der Waals surface area contributed by atoms with Crippen LogP contribution in [0.25, 0.3) is 0 Å². The molecule has 3 rings (SSSR count). The summed E-state index contributed by atoms with van der Waals surface area (Å²) in [4.78, 5) is 25.8. The number of hydrogen-bond donors (Lipinski definition) is 3. The molecule has 0 bridgehead atoms. The lowest BCUT2D eigenvalue weighted by molar-refractivity contribution is -0.142. The number of hydrogen-bond acceptors (Lipinski definition) is 4. The van der Waals surface area contributed by atoms with E-state index in [1.807, 2.05) is 6.07 Å². The molecule has 11 heteroatoms. The molecule has 0 aromatic heterocycles. The Hall–Kier alpha value is -2.85. The van der Waals surface area contributed by atoms with E-state index < -0.39 is 40.8 Å². The second-order valence-corrected chi connectivity index (χ2v) is 9.34. The minimum absolute atomic E-state index is 0.101. The molecule has 1 unspecified atom stereocenters. The number of rotatable bonds is 5. The van der Waals surface area contributed by atoms with E-state index >= 15 is 0 Å². The summed E-state index contributed by atoms with van der Waals surface area (Å²) in [5.74, 6) is -1.51. The predicted molar refractivity (Wildman–Crippen MR) is 125 cm³/mol. The molecule has 1 heterocycles. The second-order valence-electron chi connectivity index (χ2n) is 8.10. The fourth-order valence-electron chi connectivity index (χ4n) is 4.11. The fraction of sp³-hybridized carbons (Fsp3) is 0.348. The lowest BCUT2D eigenvalue weighted by atomic mass is 9.76. The smallest absolute Gasteiger partial charge is 0.417 e. The molecule has 0 spiro atoms. The minimum Gasteiger partial charge on any atom is -0.465 e. The van der Waals surface area contributed by atoms with Crippen molar-refractivity contribution in [3.63, 3.8) is 0 Å². The van der Waals surface area contributed by atoms with Gasteiger partial charge in [0.15, 0.2) is 0 Å². The largest absolute Gasteiger partial charge is 0.465 e. The summed E-state index contributed by atoms with van der Waals surface area (Å²) in [5, 5.41) is 32.2. The molecule has 0 aliphatic carbocycles. The van der Waals surface area contributed by atoms with E-state index in [9.17, 15) is 33.0 Å². The number of nitrogens with one attached hydrogen (secondary N) is 1. The Balaban J connectivity index is 1.92. The molecule has 2 aromatic rings. The highest BCUT2D eigenvalue weighted by molar-refractivity contribution is 14.1. The molecule has 7 nitrogen and oxygen atoms in total. The molecule has 1 aliphatic rings. The van der Waals surface area contributed by atoms with Crippen LogP contribution >= 0.6 is 22.6 Å². The number of halogens is 4. The zero-order valence-corrected chi connectivity index (χ0v) is 19.9. The van der Waals surface area contributed by atoms with Crippen molar-refractivity contribution in [3.8, 4) is 6.07 Å². The number of alkyl halides is 3. The van der Waals surface area contributed by atoms with Gasteiger partial charge in [-0.25, -0.2) is 4.79 Å². The standard InChI is InChI=1S/C23H21F3IN3O4/c24-23(25,26)19-11-18(5-4-15(19)13-28)29-20(31)22(34,12-14-2-1-3-17(27)10-14)16-6-8-30(9-7-16)21(32)33/h1-5,10-11,16,34H,6-9,12H2,(H,29,31)(H,32,33). The number of benzene rings is 2. The zero-order chi connectivity index (χ0) is 25.1. The molecule has 1 aliphatic heterocycles. The Bertz CT molecular complexity index is 1130. The maximum Gasteiger partial charge on any atom is 0.417 e. The van der Waals surface area contributed by atoms with Gasteiger partial charge in [0, 0.05) is 34.7 Å². The Morgan fingerprint density at radius 3 is 2.41 bits per heavy atom. The summed E-state index contributed by atoms with van der Waals surface area (Å²) in [5.41, 5.74) is -3.33. The molecule has 0 radical (unpaired) electrons. The topological polar surface area (TPSA) is 114 Å². The van der Waals surface area contributed by atoms with Crippen molar-refractivity contribution in [2.24, 2.45) is 5.92 Å². The van der Waals surface area contributed by atoms with Gasteiger partial charge in [-0.2, -0.15) is 18.4 Å². The quantitative estimate of drug-likeness (QED) is 0.447. The van der Waals surface area contributed by atoms with Crippen LogP contribution in [0.1, 0.15) is 29.5 Å². The van der Waals surface area contributed by atoms with E-state index in [1.165, 1.54) is 17.0 Å². The van der Waals surface area contributed by atoms with Crippen molar-refractivity contribution in [2.45, 2.75) is 31.0 Å². The number of nitriles is 1. The van der Waals surface area contributed by atoms with Gasteiger partial charge in [0.1, 0.15) is 5.60 Å². The zero-order valence-electron chi connectivity index (χ0n) is 17.8. The van der Waals surface area contributed by atoms with E-state index in [0.29, 0.717) is 11.6 Å². The summed E-state index contributed by atoms with van der Waals surface area (Å²) in [7, 11) is 0. The number of carbonyl (C=O) groups is 2. The van der Waals surface area contributed by atoms with Crippen molar-refractivity contribution in [1.82, 2.24) is 4.90 Å². The van der Waals surface area contributed by atoms with Crippen LogP contribution in [0.3, 0.4) is 0 Å². The van der Waals surface area contributed by atoms with Crippen LogP contribution in [-0.4, -0.2) is 45.8 Å². The Kier molecular flexibility index (Phi) is 7.72. The van der Waals surface area contributed by atoms with Crippen LogP contribution in [0.5, 0.6) is 0 Å². The number of carboxylic acid groups (broad SMARTS) is 1. The molecule has 2 aromatic carbocycles. The summed E-state index contributed by atoms with van der Waals surface area (Å²) < 4.78 is 40.9. The first-order valence-corrected chi connectivity index (χ1v) is 11.4.